The SMILES string of the molecule is [CH3][Ge]([CH3])([CH3])[CH2]C1=CCOc2ccccc21. The molecule has 1 heterocycles. The van der Waals surface area contributed by atoms with Gasteiger partial charge < -0.3 is 0 Å². The molecule has 1 aromatic rings. The summed E-state index contributed by atoms with van der Waals surface area (Å²) in [4.78, 5) is 0. The fourth-order valence-electron chi connectivity index (χ4n) is 1.94. The third kappa shape index (κ3) is 2.65. The van der Waals surface area contributed by atoms with Crippen molar-refractivity contribution in [3.05, 3.63) is 35.9 Å². The second-order valence-electron chi connectivity index (χ2n) is 5.27. The van der Waals surface area contributed by atoms with E-state index in [-0.39, 0.29) is 0 Å². The number of para-hydroxylation sites is 1. The van der Waals surface area contributed by atoms with Crippen LogP contribution < -0.4 is 4.74 Å². The van der Waals surface area contributed by atoms with Gasteiger partial charge in [-0.1, -0.05) is 0 Å². The van der Waals surface area contributed by atoms with Gasteiger partial charge in [-0.05, 0) is 0 Å². The Labute approximate surface area is 94.5 Å². The van der Waals surface area contributed by atoms with Gasteiger partial charge in [0.15, 0.2) is 0 Å². The van der Waals surface area contributed by atoms with E-state index in [0.29, 0.717) is 0 Å². The quantitative estimate of drug-likeness (QED) is 0.737. The second kappa shape index (κ2) is 4.05. The molecule has 0 fully saturated rings. The topological polar surface area (TPSA) is 9.23 Å². The molecule has 1 aliphatic rings. The Bertz CT molecular complexity index is 388. The first-order chi connectivity index (χ1) is 7.06. The van der Waals surface area contributed by atoms with Crippen molar-refractivity contribution >= 4 is 18.8 Å². The Balaban J connectivity index is 2.31. The molecule has 0 aromatic heterocycles. The van der Waals surface area contributed by atoms with Crippen LogP contribution in [0.5, 0.6) is 5.75 Å². The number of hydrogen-bond donors (Lipinski definition) is 0. The predicted octanol–water partition coefficient (Wildman–Crippen LogP) is 3.80. The third-order valence-electron chi connectivity index (χ3n) is 2.52. The minimum atomic E-state index is -1.52. The van der Waals surface area contributed by atoms with Crippen molar-refractivity contribution in [3.8, 4) is 5.75 Å². The van der Waals surface area contributed by atoms with Crippen LogP contribution in [0.4, 0.5) is 0 Å². The van der Waals surface area contributed by atoms with Crippen LogP contribution in [-0.4, -0.2) is 19.9 Å². The van der Waals surface area contributed by atoms with Crippen molar-refractivity contribution in [3.63, 3.8) is 0 Å². The molecule has 0 saturated carbocycles. The molecule has 1 nitrogen and oxygen atoms in total. The Morgan fingerprint density at radius 3 is 2.67 bits per heavy atom. The first-order valence-electron chi connectivity index (χ1n) is 5.47. The zero-order chi connectivity index (χ0) is 10.9. The second-order valence-corrected chi connectivity index (χ2v) is 16.8. The van der Waals surface area contributed by atoms with Gasteiger partial charge in [0.05, 0.1) is 0 Å². The molecule has 0 bridgehead atoms. The summed E-state index contributed by atoms with van der Waals surface area (Å²) in [7, 11) is 0. The predicted molar refractivity (Wildman–Crippen MR) is 68.1 cm³/mol. The summed E-state index contributed by atoms with van der Waals surface area (Å²) < 4.78 is 5.61. The van der Waals surface area contributed by atoms with Crippen molar-refractivity contribution in [2.45, 2.75) is 22.5 Å². The van der Waals surface area contributed by atoms with Crippen LogP contribution in [-0.2, 0) is 0 Å². The van der Waals surface area contributed by atoms with E-state index in [9.17, 15) is 0 Å². The maximum absolute atomic E-state index is 5.61. The zero-order valence-electron chi connectivity index (χ0n) is 9.71. The van der Waals surface area contributed by atoms with Crippen molar-refractivity contribution in [2.24, 2.45) is 0 Å². The Kier molecular flexibility index (Phi) is 2.92. The van der Waals surface area contributed by atoms with Crippen LogP contribution in [0.3, 0.4) is 0 Å². The van der Waals surface area contributed by atoms with Gasteiger partial charge in [0.1, 0.15) is 0 Å². The van der Waals surface area contributed by atoms with Crippen LogP contribution in [0, 0.1) is 0 Å². The van der Waals surface area contributed by atoms with E-state index < -0.39 is 13.3 Å². The Hall–Kier alpha value is -0.697. The Morgan fingerprint density at radius 1 is 1.20 bits per heavy atom. The van der Waals surface area contributed by atoms with E-state index in [4.69, 9.17) is 4.74 Å². The number of rotatable bonds is 2. The van der Waals surface area contributed by atoms with Gasteiger partial charge in [0, 0.05) is 0 Å². The molecule has 2 heteroatoms. The molecule has 0 unspecified atom stereocenters. The summed E-state index contributed by atoms with van der Waals surface area (Å²) in [6, 6.07) is 8.38. The van der Waals surface area contributed by atoms with Gasteiger partial charge in [0.25, 0.3) is 0 Å². The number of allylic oxidation sites excluding steroid dienone is 1. The molecule has 1 aliphatic heterocycles. The van der Waals surface area contributed by atoms with E-state index in [2.05, 4.69) is 41.5 Å². The molecule has 0 saturated heterocycles. The van der Waals surface area contributed by atoms with Crippen LogP contribution in [0.1, 0.15) is 5.56 Å². The molecule has 0 atom stereocenters. The van der Waals surface area contributed by atoms with E-state index in [1.807, 2.05) is 6.07 Å². The van der Waals surface area contributed by atoms with E-state index in [1.54, 1.807) is 0 Å². The fourth-order valence-corrected chi connectivity index (χ4v) is 5.04. The summed E-state index contributed by atoms with van der Waals surface area (Å²) in [5.74, 6) is 8.43. The molecule has 15 heavy (non-hydrogen) atoms. The van der Waals surface area contributed by atoms with Crippen LogP contribution in [0.15, 0.2) is 30.3 Å². The molecule has 0 aliphatic carbocycles. The molecule has 0 amide bonds. The van der Waals surface area contributed by atoms with E-state index >= 15 is 0 Å². The van der Waals surface area contributed by atoms with Crippen molar-refractivity contribution in [1.29, 1.82) is 0 Å². The van der Waals surface area contributed by atoms with Gasteiger partial charge in [-0.25, -0.2) is 0 Å². The summed E-state index contributed by atoms with van der Waals surface area (Å²) in [6.45, 7) is 0.741. The van der Waals surface area contributed by atoms with Gasteiger partial charge in [-0.15, -0.1) is 0 Å². The van der Waals surface area contributed by atoms with Crippen LogP contribution >= 0.6 is 0 Å². The minimum absolute atomic E-state index is 0.741. The molecule has 0 radical (unpaired) electrons. The first-order valence-corrected chi connectivity index (χ1v) is 13.3. The first kappa shape index (κ1) is 10.8. The third-order valence-corrected chi connectivity index (χ3v) is 5.55. The molecule has 2 rings (SSSR count). The standard InChI is InChI=1S/C13H18GeO/c1-14(2,3)10-11-8-9-15-13-7-5-4-6-12(11)13/h4-8H,9-10H2,1-3H3. The van der Waals surface area contributed by atoms with E-state index in [0.717, 1.165) is 12.4 Å². The molecular formula is C13H18GeO. The van der Waals surface area contributed by atoms with Gasteiger partial charge in [-0.2, -0.15) is 0 Å². The van der Waals surface area contributed by atoms with E-state index in [1.165, 1.54) is 16.4 Å². The summed E-state index contributed by atoms with van der Waals surface area (Å²) in [6.07, 6.45) is 2.25. The van der Waals surface area contributed by atoms with Crippen molar-refractivity contribution < 1.29 is 4.74 Å². The summed E-state index contributed by atoms with van der Waals surface area (Å²) in [5.41, 5.74) is 2.81. The Morgan fingerprint density at radius 2 is 1.93 bits per heavy atom. The van der Waals surface area contributed by atoms with Gasteiger partial charge >= 0.3 is 94.4 Å². The fraction of sp³-hybridized carbons (Fsp3) is 0.385. The molecular weight excluding hydrogens is 245 g/mol. The maximum atomic E-state index is 5.61. The number of ether oxygens (including phenoxy) is 1. The van der Waals surface area contributed by atoms with Crippen LogP contribution in [0.25, 0.3) is 5.57 Å². The van der Waals surface area contributed by atoms with Crippen molar-refractivity contribution in [1.82, 2.24) is 0 Å². The van der Waals surface area contributed by atoms with Crippen LogP contribution in [0.2, 0.25) is 22.5 Å². The normalized spacial score (nSPS) is 15.3. The average Bonchev–Trinajstić information content (AvgIpc) is 2.16. The summed E-state index contributed by atoms with van der Waals surface area (Å²) >= 11 is -1.52. The molecule has 0 N–H and O–H groups in total. The summed E-state index contributed by atoms with van der Waals surface area (Å²) in [5, 5.41) is 1.29. The van der Waals surface area contributed by atoms with Gasteiger partial charge in [-0.3, -0.25) is 0 Å². The number of fused-ring (bicyclic) bond motifs is 1. The molecule has 1 aromatic carbocycles. The van der Waals surface area contributed by atoms with Gasteiger partial charge in [0.2, 0.25) is 0 Å². The monoisotopic (exact) mass is 264 g/mol. The average molecular weight is 263 g/mol. The number of benzene rings is 1. The number of hydrogen-bond acceptors (Lipinski definition) is 1. The zero-order valence-corrected chi connectivity index (χ0v) is 11.8. The molecule has 0 spiro atoms. The molecule has 80 valence electrons. The van der Waals surface area contributed by atoms with Crippen molar-refractivity contribution in [2.75, 3.05) is 6.61 Å².